The first-order valence-electron chi connectivity index (χ1n) is 7.62. The third-order valence-corrected chi connectivity index (χ3v) is 4.43. The van der Waals surface area contributed by atoms with Gasteiger partial charge in [0.15, 0.2) is 5.82 Å². The molecule has 1 fully saturated rings. The number of rotatable bonds is 3. The molecule has 0 unspecified atom stereocenters. The van der Waals surface area contributed by atoms with E-state index in [9.17, 15) is 4.79 Å². The number of aryl methyl sites for hydroxylation is 1. The number of hydrogen-bond donors (Lipinski definition) is 2. The molecule has 2 aromatic heterocycles. The van der Waals surface area contributed by atoms with Crippen molar-refractivity contribution in [2.24, 2.45) is 0 Å². The van der Waals surface area contributed by atoms with Gasteiger partial charge in [-0.3, -0.25) is 9.48 Å². The number of pyridine rings is 1. The van der Waals surface area contributed by atoms with E-state index >= 15 is 0 Å². The number of hydrogen-bond acceptors (Lipinski definition) is 4. The Bertz CT molecular complexity index is 711. The molecule has 6 heteroatoms. The molecule has 1 aliphatic rings. The molecule has 114 valence electrons. The Hall–Kier alpha value is -1.82. The van der Waals surface area contributed by atoms with Crippen LogP contribution in [0.2, 0.25) is 0 Å². The van der Waals surface area contributed by atoms with Crippen molar-refractivity contribution < 1.29 is 5.11 Å². The number of aliphatic hydroxyl groups is 1. The van der Waals surface area contributed by atoms with Gasteiger partial charge in [0.05, 0.1) is 18.7 Å². The SMILES string of the molecule is Cc1cc2c(c(N)nn2CCO)c(=O)n1C1CCCCC1. The molecular formula is C15H22N4O2. The first-order chi connectivity index (χ1) is 10.1. The molecule has 1 saturated carbocycles. The summed E-state index contributed by atoms with van der Waals surface area (Å²) in [4.78, 5) is 12.9. The summed E-state index contributed by atoms with van der Waals surface area (Å²) in [6, 6.07) is 2.24. The molecule has 3 rings (SSSR count). The standard InChI is InChI=1S/C15H22N4O2/c1-10-9-12-13(14(16)17-18(12)7-8-20)15(21)19(10)11-5-3-2-4-6-11/h9,11,20H,2-8H2,1H3,(H2,16,17). The fourth-order valence-corrected chi connectivity index (χ4v) is 3.47. The second-order valence-electron chi connectivity index (χ2n) is 5.84. The third kappa shape index (κ3) is 2.33. The van der Waals surface area contributed by atoms with Crippen molar-refractivity contribution in [2.45, 2.75) is 51.6 Å². The zero-order chi connectivity index (χ0) is 15.0. The van der Waals surface area contributed by atoms with E-state index in [1.807, 2.05) is 17.6 Å². The number of nitrogens with two attached hydrogens (primary N) is 1. The van der Waals surface area contributed by atoms with E-state index in [2.05, 4.69) is 5.10 Å². The summed E-state index contributed by atoms with van der Waals surface area (Å²) in [5, 5.41) is 13.8. The molecule has 0 radical (unpaired) electrons. The van der Waals surface area contributed by atoms with Gasteiger partial charge < -0.3 is 15.4 Å². The van der Waals surface area contributed by atoms with E-state index in [4.69, 9.17) is 10.8 Å². The highest BCUT2D eigenvalue weighted by atomic mass is 16.3. The molecule has 2 aromatic rings. The smallest absolute Gasteiger partial charge is 0.264 e. The highest BCUT2D eigenvalue weighted by Gasteiger charge is 2.22. The molecule has 1 aliphatic carbocycles. The minimum atomic E-state index is -0.0430. The molecule has 6 nitrogen and oxygen atoms in total. The topological polar surface area (TPSA) is 86.1 Å². The van der Waals surface area contributed by atoms with Crippen LogP contribution in [0.25, 0.3) is 10.9 Å². The Balaban J connectivity index is 2.19. The van der Waals surface area contributed by atoms with Gasteiger partial charge in [-0.1, -0.05) is 19.3 Å². The highest BCUT2D eigenvalue weighted by molar-refractivity contribution is 5.88. The summed E-state index contributed by atoms with van der Waals surface area (Å²) in [5.74, 6) is 0.257. The maximum absolute atomic E-state index is 12.9. The van der Waals surface area contributed by atoms with Crippen molar-refractivity contribution in [1.29, 1.82) is 0 Å². The van der Waals surface area contributed by atoms with Crippen molar-refractivity contribution >= 4 is 16.7 Å². The Morgan fingerprint density at radius 1 is 1.38 bits per heavy atom. The van der Waals surface area contributed by atoms with E-state index in [-0.39, 0.29) is 24.0 Å². The van der Waals surface area contributed by atoms with E-state index in [0.29, 0.717) is 11.9 Å². The molecule has 0 aliphatic heterocycles. The molecule has 0 spiro atoms. The second kappa shape index (κ2) is 5.52. The molecule has 3 N–H and O–H groups in total. The van der Waals surface area contributed by atoms with Crippen molar-refractivity contribution in [3.63, 3.8) is 0 Å². The van der Waals surface area contributed by atoms with Gasteiger partial charge >= 0.3 is 0 Å². The fraction of sp³-hybridized carbons (Fsp3) is 0.600. The molecule has 0 saturated heterocycles. The van der Waals surface area contributed by atoms with E-state index < -0.39 is 0 Å². The van der Waals surface area contributed by atoms with Crippen LogP contribution in [0.4, 0.5) is 5.82 Å². The van der Waals surface area contributed by atoms with E-state index in [0.717, 1.165) is 24.1 Å². The van der Waals surface area contributed by atoms with Gasteiger partial charge in [0.1, 0.15) is 5.39 Å². The number of nitrogens with zero attached hydrogens (tertiary/aromatic N) is 3. The van der Waals surface area contributed by atoms with Crippen LogP contribution in [-0.2, 0) is 6.54 Å². The summed E-state index contributed by atoms with van der Waals surface area (Å²) in [6.45, 7) is 2.28. The molecule has 0 bridgehead atoms. The van der Waals surface area contributed by atoms with Crippen molar-refractivity contribution in [2.75, 3.05) is 12.3 Å². The Morgan fingerprint density at radius 2 is 2.10 bits per heavy atom. The molecule has 2 heterocycles. The van der Waals surface area contributed by atoms with Crippen LogP contribution < -0.4 is 11.3 Å². The van der Waals surface area contributed by atoms with E-state index in [1.165, 1.54) is 19.3 Å². The lowest BCUT2D eigenvalue weighted by molar-refractivity contribution is 0.272. The van der Waals surface area contributed by atoms with Gasteiger partial charge in [0.2, 0.25) is 0 Å². The predicted octanol–water partition coefficient (Wildman–Crippen LogP) is 1.59. The molecule has 0 atom stereocenters. The monoisotopic (exact) mass is 290 g/mol. The van der Waals surface area contributed by atoms with Crippen LogP contribution in [0.3, 0.4) is 0 Å². The van der Waals surface area contributed by atoms with Gasteiger partial charge in [0.25, 0.3) is 5.56 Å². The highest BCUT2D eigenvalue weighted by Crippen LogP contribution is 2.29. The average Bonchev–Trinajstić information content (AvgIpc) is 2.77. The minimum absolute atomic E-state index is 0.0268. The number of aromatic nitrogens is 3. The minimum Gasteiger partial charge on any atom is -0.394 e. The maximum atomic E-state index is 12.9. The van der Waals surface area contributed by atoms with Gasteiger partial charge in [0, 0.05) is 11.7 Å². The lowest BCUT2D eigenvalue weighted by Gasteiger charge is -2.26. The van der Waals surface area contributed by atoms with Crippen LogP contribution in [-0.4, -0.2) is 26.1 Å². The first-order valence-corrected chi connectivity index (χ1v) is 7.62. The van der Waals surface area contributed by atoms with Crippen LogP contribution in [0, 0.1) is 6.92 Å². The number of fused-ring (bicyclic) bond motifs is 1. The van der Waals surface area contributed by atoms with Crippen molar-refractivity contribution in [1.82, 2.24) is 14.3 Å². The number of anilines is 1. The predicted molar refractivity (Wildman–Crippen MR) is 82.4 cm³/mol. The third-order valence-electron chi connectivity index (χ3n) is 4.43. The average molecular weight is 290 g/mol. The van der Waals surface area contributed by atoms with Crippen LogP contribution in [0.5, 0.6) is 0 Å². The quantitative estimate of drug-likeness (QED) is 0.898. The number of nitrogen functional groups attached to an aromatic ring is 1. The lowest BCUT2D eigenvalue weighted by atomic mass is 9.94. The van der Waals surface area contributed by atoms with Crippen LogP contribution in [0.1, 0.15) is 43.8 Å². The fourth-order valence-electron chi connectivity index (χ4n) is 3.47. The summed E-state index contributed by atoms with van der Waals surface area (Å²) in [7, 11) is 0. The van der Waals surface area contributed by atoms with Crippen LogP contribution in [0.15, 0.2) is 10.9 Å². The van der Waals surface area contributed by atoms with Gasteiger partial charge in [-0.05, 0) is 25.8 Å². The summed E-state index contributed by atoms with van der Waals surface area (Å²) in [5.41, 5.74) is 7.55. The molecule has 21 heavy (non-hydrogen) atoms. The molecule has 0 aromatic carbocycles. The van der Waals surface area contributed by atoms with E-state index in [1.54, 1.807) is 4.68 Å². The summed E-state index contributed by atoms with van der Waals surface area (Å²) >= 11 is 0. The van der Waals surface area contributed by atoms with Gasteiger partial charge in [-0.25, -0.2) is 0 Å². The second-order valence-corrected chi connectivity index (χ2v) is 5.84. The lowest BCUT2D eigenvalue weighted by Crippen LogP contribution is -2.28. The maximum Gasteiger partial charge on any atom is 0.264 e. The Labute approximate surface area is 123 Å². The van der Waals surface area contributed by atoms with Crippen molar-refractivity contribution in [3.05, 3.63) is 22.1 Å². The summed E-state index contributed by atoms with van der Waals surface area (Å²) < 4.78 is 3.51. The zero-order valence-corrected chi connectivity index (χ0v) is 12.4. The number of aliphatic hydroxyl groups excluding tert-OH is 1. The molecular weight excluding hydrogens is 268 g/mol. The first kappa shape index (κ1) is 14.1. The normalized spacial score (nSPS) is 16.7. The largest absolute Gasteiger partial charge is 0.394 e. The van der Waals surface area contributed by atoms with Gasteiger partial charge in [-0.15, -0.1) is 0 Å². The summed E-state index contributed by atoms with van der Waals surface area (Å²) in [6.07, 6.45) is 5.71. The van der Waals surface area contributed by atoms with Crippen molar-refractivity contribution in [3.8, 4) is 0 Å². The van der Waals surface area contributed by atoms with Gasteiger partial charge in [-0.2, -0.15) is 5.10 Å². The molecule has 0 amide bonds. The zero-order valence-electron chi connectivity index (χ0n) is 12.4. The Morgan fingerprint density at radius 3 is 2.76 bits per heavy atom. The van der Waals surface area contributed by atoms with Crippen LogP contribution >= 0.6 is 0 Å². The Kier molecular flexibility index (Phi) is 3.71.